The molecule has 2 rings (SSSR count). The first-order valence-corrected chi connectivity index (χ1v) is 5.41. The highest BCUT2D eigenvalue weighted by atomic mass is 16.5. The molecule has 2 aliphatic rings. The lowest BCUT2D eigenvalue weighted by molar-refractivity contribution is -0.147. The summed E-state index contributed by atoms with van der Waals surface area (Å²) in [6.07, 6.45) is 1.01. The predicted molar refractivity (Wildman–Crippen MR) is 52.3 cm³/mol. The Hall–Kier alpha value is -0.650. The van der Waals surface area contributed by atoms with Crippen LogP contribution in [0.15, 0.2) is 0 Å². The molecule has 0 amide bonds. The Morgan fingerprint density at radius 3 is 3.07 bits per heavy atom. The van der Waals surface area contributed by atoms with E-state index in [-0.39, 0.29) is 12.0 Å². The van der Waals surface area contributed by atoms with E-state index < -0.39 is 6.10 Å². The second-order valence-electron chi connectivity index (χ2n) is 4.21. The summed E-state index contributed by atoms with van der Waals surface area (Å²) in [7, 11) is 0. The lowest BCUT2D eigenvalue weighted by Crippen LogP contribution is -2.33. The Bertz CT molecular complexity index is 227. The van der Waals surface area contributed by atoms with Crippen LogP contribution < -0.4 is 5.32 Å². The molecule has 2 heterocycles. The van der Waals surface area contributed by atoms with E-state index in [0.29, 0.717) is 32.1 Å². The second-order valence-corrected chi connectivity index (χ2v) is 4.21. The van der Waals surface area contributed by atoms with E-state index in [1.165, 1.54) is 0 Å². The van der Waals surface area contributed by atoms with Crippen molar-refractivity contribution >= 4 is 5.97 Å². The van der Waals surface area contributed by atoms with Crippen molar-refractivity contribution in [3.8, 4) is 0 Å². The number of β-amino-alcohol motifs (C(OH)–C–C–N with tert-alkyl or cyclic N) is 1. The molecule has 3 atom stereocenters. The molecule has 0 saturated carbocycles. The third-order valence-corrected chi connectivity index (χ3v) is 2.88. The average molecular weight is 215 g/mol. The van der Waals surface area contributed by atoms with Crippen LogP contribution in [0.4, 0.5) is 0 Å². The van der Waals surface area contributed by atoms with Gasteiger partial charge in [-0.2, -0.15) is 0 Å². The van der Waals surface area contributed by atoms with Crippen molar-refractivity contribution in [3.05, 3.63) is 0 Å². The van der Waals surface area contributed by atoms with E-state index in [1.807, 2.05) is 0 Å². The monoisotopic (exact) mass is 215 g/mol. The molecular weight excluding hydrogens is 198 g/mol. The topological polar surface area (TPSA) is 67.8 Å². The molecule has 0 aliphatic carbocycles. The van der Waals surface area contributed by atoms with Crippen molar-refractivity contribution < 1.29 is 19.4 Å². The maximum Gasteiger partial charge on any atom is 0.323 e. The standard InChI is InChI=1S/C10H17NO4/c12-8-3-9(11-4-8)10(13)15-6-7-1-2-14-5-7/h7-9,11-12H,1-6H2/t7?,8-,9+/m1/s1. The van der Waals surface area contributed by atoms with E-state index in [4.69, 9.17) is 9.47 Å². The number of carbonyl (C=O) groups is 1. The normalized spacial score (nSPS) is 35.7. The first-order valence-electron chi connectivity index (χ1n) is 5.41. The van der Waals surface area contributed by atoms with Crippen molar-refractivity contribution in [3.63, 3.8) is 0 Å². The summed E-state index contributed by atoms with van der Waals surface area (Å²) in [6.45, 7) is 2.37. The van der Waals surface area contributed by atoms with Gasteiger partial charge in [0, 0.05) is 25.5 Å². The van der Waals surface area contributed by atoms with E-state index in [9.17, 15) is 9.90 Å². The third kappa shape index (κ3) is 2.90. The minimum absolute atomic E-state index is 0.251. The van der Waals surface area contributed by atoms with Crippen molar-refractivity contribution in [1.29, 1.82) is 0 Å². The van der Waals surface area contributed by atoms with Gasteiger partial charge in [0.1, 0.15) is 6.04 Å². The lowest BCUT2D eigenvalue weighted by Gasteiger charge is -2.12. The maximum absolute atomic E-state index is 11.5. The van der Waals surface area contributed by atoms with Gasteiger partial charge in [-0.3, -0.25) is 4.79 Å². The molecule has 1 unspecified atom stereocenters. The zero-order valence-electron chi connectivity index (χ0n) is 8.65. The first kappa shape index (κ1) is 10.9. The highest BCUT2D eigenvalue weighted by Crippen LogP contribution is 2.14. The van der Waals surface area contributed by atoms with Crippen LogP contribution in [0.3, 0.4) is 0 Å². The van der Waals surface area contributed by atoms with Crippen molar-refractivity contribution in [2.24, 2.45) is 5.92 Å². The molecule has 2 aliphatic heterocycles. The van der Waals surface area contributed by atoms with Crippen LogP contribution in [-0.2, 0) is 14.3 Å². The molecule has 0 radical (unpaired) electrons. The molecule has 0 spiro atoms. The molecule has 2 N–H and O–H groups in total. The quantitative estimate of drug-likeness (QED) is 0.609. The molecule has 2 fully saturated rings. The van der Waals surface area contributed by atoms with Gasteiger partial charge in [-0.15, -0.1) is 0 Å². The molecule has 15 heavy (non-hydrogen) atoms. The number of esters is 1. The zero-order chi connectivity index (χ0) is 10.7. The molecule has 0 bridgehead atoms. The van der Waals surface area contributed by atoms with Gasteiger partial charge in [-0.1, -0.05) is 0 Å². The smallest absolute Gasteiger partial charge is 0.323 e. The molecule has 0 aromatic rings. The average Bonchev–Trinajstić information content (AvgIpc) is 2.84. The van der Waals surface area contributed by atoms with Gasteiger partial charge < -0.3 is 19.9 Å². The Morgan fingerprint density at radius 1 is 1.60 bits per heavy atom. The summed E-state index contributed by atoms with van der Waals surface area (Å²) in [5.41, 5.74) is 0. The third-order valence-electron chi connectivity index (χ3n) is 2.88. The number of ether oxygens (including phenoxy) is 2. The van der Waals surface area contributed by atoms with Gasteiger partial charge in [0.2, 0.25) is 0 Å². The molecule has 0 aromatic heterocycles. The first-order chi connectivity index (χ1) is 7.25. The Morgan fingerprint density at radius 2 is 2.47 bits per heavy atom. The highest BCUT2D eigenvalue weighted by molar-refractivity contribution is 5.76. The van der Waals surface area contributed by atoms with Crippen LogP contribution in [0.2, 0.25) is 0 Å². The van der Waals surface area contributed by atoms with Crippen LogP contribution in [-0.4, -0.2) is 49.6 Å². The highest BCUT2D eigenvalue weighted by Gasteiger charge is 2.30. The van der Waals surface area contributed by atoms with E-state index in [0.717, 1.165) is 13.0 Å². The summed E-state index contributed by atoms with van der Waals surface area (Å²) < 4.78 is 10.4. The van der Waals surface area contributed by atoms with Crippen molar-refractivity contribution in [2.75, 3.05) is 26.4 Å². The predicted octanol–water partition coefficient (Wildman–Crippen LogP) is -0.711. The molecule has 5 nitrogen and oxygen atoms in total. The summed E-state index contributed by atoms with van der Waals surface area (Å²) in [5.74, 6) is 0.0960. The fourth-order valence-corrected chi connectivity index (χ4v) is 1.91. The van der Waals surface area contributed by atoms with E-state index >= 15 is 0 Å². The SMILES string of the molecule is O=C(OCC1CCOC1)[C@@H]1C[C@@H](O)CN1. The fourth-order valence-electron chi connectivity index (χ4n) is 1.91. The molecule has 5 heteroatoms. The van der Waals surface area contributed by atoms with Gasteiger partial charge >= 0.3 is 5.97 Å². The van der Waals surface area contributed by atoms with Crippen molar-refractivity contribution in [2.45, 2.75) is 25.0 Å². The van der Waals surface area contributed by atoms with E-state index in [1.54, 1.807) is 0 Å². The lowest BCUT2D eigenvalue weighted by atomic mass is 10.1. The van der Waals surface area contributed by atoms with Crippen LogP contribution in [0.25, 0.3) is 0 Å². The van der Waals surface area contributed by atoms with Gasteiger partial charge in [-0.05, 0) is 6.42 Å². The number of aliphatic hydroxyl groups excluding tert-OH is 1. The summed E-state index contributed by atoms with van der Waals surface area (Å²) in [5, 5.41) is 12.2. The maximum atomic E-state index is 11.5. The Balaban J connectivity index is 1.67. The van der Waals surface area contributed by atoms with E-state index in [2.05, 4.69) is 5.32 Å². The van der Waals surface area contributed by atoms with Gasteiger partial charge in [-0.25, -0.2) is 0 Å². The summed E-state index contributed by atoms with van der Waals surface area (Å²) >= 11 is 0. The number of rotatable bonds is 3. The minimum Gasteiger partial charge on any atom is -0.464 e. The van der Waals surface area contributed by atoms with Gasteiger partial charge in [0.25, 0.3) is 0 Å². The number of carbonyl (C=O) groups excluding carboxylic acids is 1. The second kappa shape index (κ2) is 4.92. The Kier molecular flexibility index (Phi) is 3.56. The molecule has 86 valence electrons. The summed E-state index contributed by atoms with van der Waals surface area (Å²) in [6, 6.07) is -0.331. The number of hydrogen-bond donors (Lipinski definition) is 2. The molecular formula is C10H17NO4. The van der Waals surface area contributed by atoms with Crippen LogP contribution in [0.5, 0.6) is 0 Å². The van der Waals surface area contributed by atoms with Crippen LogP contribution in [0.1, 0.15) is 12.8 Å². The largest absolute Gasteiger partial charge is 0.464 e. The number of nitrogens with one attached hydrogen (secondary N) is 1. The number of aliphatic hydroxyl groups is 1. The van der Waals surface area contributed by atoms with Gasteiger partial charge in [0.05, 0.1) is 19.3 Å². The number of hydrogen-bond acceptors (Lipinski definition) is 5. The molecule has 0 aromatic carbocycles. The Labute approximate surface area is 88.7 Å². The minimum atomic E-state index is -0.419. The van der Waals surface area contributed by atoms with Crippen LogP contribution >= 0.6 is 0 Å². The van der Waals surface area contributed by atoms with Crippen molar-refractivity contribution in [1.82, 2.24) is 5.32 Å². The molecule has 2 saturated heterocycles. The summed E-state index contributed by atoms with van der Waals surface area (Å²) in [4.78, 5) is 11.5. The zero-order valence-corrected chi connectivity index (χ0v) is 8.65. The van der Waals surface area contributed by atoms with Crippen LogP contribution in [0, 0.1) is 5.92 Å². The fraction of sp³-hybridized carbons (Fsp3) is 0.900. The van der Waals surface area contributed by atoms with Gasteiger partial charge in [0.15, 0.2) is 0 Å².